The van der Waals surface area contributed by atoms with Gasteiger partial charge in [0.1, 0.15) is 0 Å². The first kappa shape index (κ1) is 15.7. The Bertz CT molecular complexity index is 543. The van der Waals surface area contributed by atoms with Crippen molar-refractivity contribution in [3.8, 4) is 0 Å². The van der Waals surface area contributed by atoms with Crippen molar-refractivity contribution in [1.29, 1.82) is 0 Å². The van der Waals surface area contributed by atoms with E-state index in [-0.39, 0.29) is 5.60 Å². The van der Waals surface area contributed by atoms with Crippen LogP contribution in [0.5, 0.6) is 0 Å². The average Bonchev–Trinajstić information content (AvgIpc) is 2.46. The summed E-state index contributed by atoms with van der Waals surface area (Å²) in [6, 6.07) is 19.0. The van der Waals surface area contributed by atoms with E-state index < -0.39 is 0 Å². The van der Waals surface area contributed by atoms with E-state index in [1.165, 1.54) is 16.7 Å². The third kappa shape index (κ3) is 6.11. The summed E-state index contributed by atoms with van der Waals surface area (Å²) in [5.41, 5.74) is 3.73. The lowest BCUT2D eigenvalue weighted by Crippen LogP contribution is -2.18. The minimum absolute atomic E-state index is 0.0957. The molecule has 21 heavy (non-hydrogen) atoms. The smallest absolute Gasteiger partial charge is 0.0724 e. The lowest BCUT2D eigenvalue weighted by molar-refractivity contribution is -0.0149. The van der Waals surface area contributed by atoms with Crippen LogP contribution in [0.1, 0.15) is 37.5 Å². The molecule has 0 fully saturated rings. The van der Waals surface area contributed by atoms with E-state index >= 15 is 0 Å². The lowest BCUT2D eigenvalue weighted by Gasteiger charge is -2.19. The molecule has 0 bridgehead atoms. The third-order valence-corrected chi connectivity index (χ3v) is 3.16. The van der Waals surface area contributed by atoms with E-state index in [0.29, 0.717) is 6.61 Å². The second-order valence-corrected chi connectivity index (χ2v) is 6.31. The topological polar surface area (TPSA) is 21.3 Å². The number of rotatable bonds is 6. The van der Waals surface area contributed by atoms with Gasteiger partial charge in [0.2, 0.25) is 0 Å². The van der Waals surface area contributed by atoms with E-state index in [9.17, 15) is 0 Å². The first-order chi connectivity index (χ1) is 10.0. The Morgan fingerprint density at radius 3 is 2.14 bits per heavy atom. The van der Waals surface area contributed by atoms with Gasteiger partial charge in [-0.2, -0.15) is 0 Å². The number of hydrogen-bond donors (Lipinski definition) is 1. The van der Waals surface area contributed by atoms with Crippen molar-refractivity contribution in [1.82, 2.24) is 5.32 Å². The number of benzene rings is 2. The minimum atomic E-state index is -0.0957. The largest absolute Gasteiger partial charge is 0.371 e. The molecule has 0 unspecified atom stereocenters. The van der Waals surface area contributed by atoms with E-state index in [4.69, 9.17) is 4.74 Å². The highest BCUT2D eigenvalue weighted by atomic mass is 16.5. The molecule has 0 aliphatic heterocycles. The summed E-state index contributed by atoms with van der Waals surface area (Å²) in [6.07, 6.45) is 0. The van der Waals surface area contributed by atoms with Crippen LogP contribution in [0.3, 0.4) is 0 Å². The quantitative estimate of drug-likeness (QED) is 0.854. The minimum Gasteiger partial charge on any atom is -0.371 e. The molecule has 0 aliphatic carbocycles. The zero-order valence-electron chi connectivity index (χ0n) is 13.2. The molecule has 2 aromatic rings. The molecule has 0 amide bonds. The van der Waals surface area contributed by atoms with Gasteiger partial charge in [-0.15, -0.1) is 0 Å². The van der Waals surface area contributed by atoms with E-state index in [1.807, 2.05) is 6.07 Å². The van der Waals surface area contributed by atoms with Crippen molar-refractivity contribution in [2.75, 3.05) is 0 Å². The molecule has 0 heterocycles. The Morgan fingerprint density at radius 1 is 0.810 bits per heavy atom. The molecule has 0 atom stereocenters. The molecule has 112 valence electrons. The highest BCUT2D eigenvalue weighted by molar-refractivity contribution is 5.23. The predicted octanol–water partition coefficient (Wildman–Crippen LogP) is 4.29. The maximum absolute atomic E-state index is 5.82. The second kappa shape index (κ2) is 7.39. The number of hydrogen-bond acceptors (Lipinski definition) is 2. The zero-order chi connectivity index (χ0) is 15.1. The van der Waals surface area contributed by atoms with Gasteiger partial charge in [0, 0.05) is 13.1 Å². The van der Waals surface area contributed by atoms with E-state index in [0.717, 1.165) is 13.1 Å². The molecule has 2 nitrogen and oxygen atoms in total. The normalized spacial score (nSPS) is 11.6. The summed E-state index contributed by atoms with van der Waals surface area (Å²) >= 11 is 0. The summed E-state index contributed by atoms with van der Waals surface area (Å²) in [7, 11) is 0. The zero-order valence-corrected chi connectivity index (χ0v) is 13.2. The summed E-state index contributed by atoms with van der Waals surface area (Å²) in [5.74, 6) is 0. The van der Waals surface area contributed by atoms with Crippen molar-refractivity contribution >= 4 is 0 Å². The molecule has 0 spiro atoms. The van der Waals surface area contributed by atoms with Gasteiger partial charge >= 0.3 is 0 Å². The van der Waals surface area contributed by atoms with Gasteiger partial charge in [0.15, 0.2) is 0 Å². The van der Waals surface area contributed by atoms with E-state index in [1.54, 1.807) is 0 Å². The fourth-order valence-electron chi connectivity index (χ4n) is 2.08. The molecule has 0 radical (unpaired) electrons. The summed E-state index contributed by atoms with van der Waals surface area (Å²) in [5, 5.41) is 3.48. The maximum Gasteiger partial charge on any atom is 0.0724 e. The first-order valence-corrected chi connectivity index (χ1v) is 7.49. The molecular weight excluding hydrogens is 258 g/mol. The van der Waals surface area contributed by atoms with Crippen molar-refractivity contribution in [2.24, 2.45) is 0 Å². The van der Waals surface area contributed by atoms with Crippen LogP contribution in [0.25, 0.3) is 0 Å². The highest BCUT2D eigenvalue weighted by Crippen LogP contribution is 2.13. The predicted molar refractivity (Wildman–Crippen MR) is 88.0 cm³/mol. The first-order valence-electron chi connectivity index (χ1n) is 7.49. The molecule has 0 saturated carbocycles. The van der Waals surface area contributed by atoms with Crippen molar-refractivity contribution in [3.63, 3.8) is 0 Å². The molecule has 0 saturated heterocycles. The fourth-order valence-corrected chi connectivity index (χ4v) is 2.08. The third-order valence-electron chi connectivity index (χ3n) is 3.16. The average molecular weight is 283 g/mol. The van der Waals surface area contributed by atoms with Gasteiger partial charge in [0.05, 0.1) is 12.2 Å². The second-order valence-electron chi connectivity index (χ2n) is 6.31. The molecule has 2 rings (SSSR count). The van der Waals surface area contributed by atoms with Crippen LogP contribution < -0.4 is 5.32 Å². The van der Waals surface area contributed by atoms with Crippen LogP contribution in [0, 0.1) is 0 Å². The van der Waals surface area contributed by atoms with Gasteiger partial charge in [-0.05, 0) is 37.5 Å². The Kier molecular flexibility index (Phi) is 5.54. The maximum atomic E-state index is 5.82. The van der Waals surface area contributed by atoms with Crippen molar-refractivity contribution in [2.45, 2.75) is 46.1 Å². The summed E-state index contributed by atoms with van der Waals surface area (Å²) in [4.78, 5) is 0. The summed E-state index contributed by atoms with van der Waals surface area (Å²) in [6.45, 7) is 8.67. The lowest BCUT2D eigenvalue weighted by atomic mass is 10.1. The van der Waals surface area contributed by atoms with Gasteiger partial charge in [0.25, 0.3) is 0 Å². The molecule has 2 heteroatoms. The Hall–Kier alpha value is -1.64. The number of ether oxygens (including phenoxy) is 1. The van der Waals surface area contributed by atoms with Gasteiger partial charge in [-0.3, -0.25) is 0 Å². The Morgan fingerprint density at radius 2 is 1.43 bits per heavy atom. The van der Waals surface area contributed by atoms with Crippen molar-refractivity contribution < 1.29 is 4.74 Å². The van der Waals surface area contributed by atoms with Crippen LogP contribution >= 0.6 is 0 Å². The van der Waals surface area contributed by atoms with Crippen molar-refractivity contribution in [3.05, 3.63) is 71.3 Å². The monoisotopic (exact) mass is 283 g/mol. The van der Waals surface area contributed by atoms with Crippen LogP contribution in [0.2, 0.25) is 0 Å². The van der Waals surface area contributed by atoms with Gasteiger partial charge < -0.3 is 10.1 Å². The molecule has 1 N–H and O–H groups in total. The highest BCUT2D eigenvalue weighted by Gasteiger charge is 2.09. The molecule has 0 aliphatic rings. The van der Waals surface area contributed by atoms with Gasteiger partial charge in [-0.1, -0.05) is 54.6 Å². The standard InChI is InChI=1S/C19H25NO/c1-19(2,3)21-15-18-11-7-10-17(12-18)14-20-13-16-8-5-4-6-9-16/h4-12,20H,13-15H2,1-3H3. The SMILES string of the molecule is CC(C)(C)OCc1cccc(CNCc2ccccc2)c1. The van der Waals surface area contributed by atoms with Crippen LogP contribution in [0.4, 0.5) is 0 Å². The van der Waals surface area contributed by atoms with Crippen LogP contribution in [-0.2, 0) is 24.4 Å². The fraction of sp³-hybridized carbons (Fsp3) is 0.368. The Balaban J connectivity index is 1.83. The number of nitrogens with one attached hydrogen (secondary N) is 1. The molecule has 2 aromatic carbocycles. The van der Waals surface area contributed by atoms with Gasteiger partial charge in [-0.25, -0.2) is 0 Å². The van der Waals surface area contributed by atoms with Crippen LogP contribution in [-0.4, -0.2) is 5.60 Å². The molecular formula is C19H25NO. The Labute approximate surface area is 128 Å². The summed E-state index contributed by atoms with van der Waals surface area (Å²) < 4.78 is 5.82. The molecule has 0 aromatic heterocycles. The van der Waals surface area contributed by atoms with Crippen LogP contribution in [0.15, 0.2) is 54.6 Å². The van der Waals surface area contributed by atoms with E-state index in [2.05, 4.69) is 74.6 Å².